The Morgan fingerprint density at radius 3 is 2.36 bits per heavy atom. The first-order chi connectivity index (χ1) is 17.2. The minimum absolute atomic E-state index is 0.0520. The molecule has 0 unspecified atom stereocenters. The van der Waals surface area contributed by atoms with E-state index in [4.69, 9.17) is 27.9 Å². The van der Waals surface area contributed by atoms with Gasteiger partial charge >= 0.3 is 0 Å². The van der Waals surface area contributed by atoms with Crippen molar-refractivity contribution in [2.45, 2.75) is 49.6 Å². The van der Waals surface area contributed by atoms with Gasteiger partial charge in [0.2, 0.25) is 5.91 Å². The fraction of sp³-hybridized carbons (Fsp3) is 0.296. The molecule has 0 spiro atoms. The molecule has 1 amide bonds. The van der Waals surface area contributed by atoms with E-state index in [2.05, 4.69) is 19.2 Å². The number of nitrogens with zero attached hydrogens (tertiary/aromatic N) is 1. The van der Waals surface area contributed by atoms with Crippen molar-refractivity contribution in [1.29, 1.82) is 0 Å². The molecule has 1 atom stereocenters. The van der Waals surface area contributed by atoms with Gasteiger partial charge in [0.15, 0.2) is 0 Å². The van der Waals surface area contributed by atoms with Crippen LogP contribution in [0.1, 0.15) is 44.7 Å². The number of hydrogen-bond acceptors (Lipinski definition) is 4. The van der Waals surface area contributed by atoms with Gasteiger partial charge in [-0.2, -0.15) is 0 Å². The SMILES string of the molecule is CCC1(CC)C[C@@H](NC(=O)CN(c2ccc(Cl)cc2Cl)S(=O)(=O)c2ccccc2)c2ccccc2O1. The molecule has 1 N–H and O–H groups in total. The molecule has 0 radical (unpaired) electrons. The number of sulfonamides is 1. The molecule has 1 aliphatic rings. The summed E-state index contributed by atoms with van der Waals surface area (Å²) in [6.45, 7) is 3.67. The highest BCUT2D eigenvalue weighted by Gasteiger charge is 2.39. The summed E-state index contributed by atoms with van der Waals surface area (Å²) in [5.74, 6) is 0.274. The van der Waals surface area contributed by atoms with Gasteiger partial charge < -0.3 is 10.1 Å². The van der Waals surface area contributed by atoms with Gasteiger partial charge in [0.1, 0.15) is 17.9 Å². The van der Waals surface area contributed by atoms with Crippen molar-refractivity contribution in [2.75, 3.05) is 10.8 Å². The first-order valence-electron chi connectivity index (χ1n) is 11.8. The lowest BCUT2D eigenvalue weighted by molar-refractivity contribution is -0.121. The summed E-state index contributed by atoms with van der Waals surface area (Å²) in [6.07, 6.45) is 2.13. The molecule has 9 heteroatoms. The van der Waals surface area contributed by atoms with E-state index in [-0.39, 0.29) is 21.6 Å². The number of benzene rings is 3. The molecule has 3 aromatic carbocycles. The van der Waals surface area contributed by atoms with Crippen molar-refractivity contribution in [3.63, 3.8) is 0 Å². The third-order valence-electron chi connectivity index (χ3n) is 6.62. The molecule has 0 aliphatic carbocycles. The molecule has 190 valence electrons. The first kappa shape index (κ1) is 26.3. The second-order valence-electron chi connectivity index (χ2n) is 8.77. The number of ether oxygens (including phenoxy) is 1. The smallest absolute Gasteiger partial charge is 0.264 e. The van der Waals surface area contributed by atoms with E-state index in [1.807, 2.05) is 24.3 Å². The van der Waals surface area contributed by atoms with Gasteiger partial charge in [-0.05, 0) is 49.2 Å². The number of halogens is 2. The predicted octanol–water partition coefficient (Wildman–Crippen LogP) is 6.39. The van der Waals surface area contributed by atoms with Crippen molar-refractivity contribution < 1.29 is 17.9 Å². The molecule has 3 aromatic rings. The number of carbonyl (C=O) groups excluding carboxylic acids is 1. The largest absolute Gasteiger partial charge is 0.487 e. The highest BCUT2D eigenvalue weighted by molar-refractivity contribution is 7.92. The van der Waals surface area contributed by atoms with Gasteiger partial charge in [0.05, 0.1) is 21.6 Å². The van der Waals surface area contributed by atoms with Crippen LogP contribution in [-0.4, -0.2) is 26.5 Å². The van der Waals surface area contributed by atoms with Crippen LogP contribution in [0.15, 0.2) is 77.7 Å². The molecule has 0 bridgehead atoms. The Hall–Kier alpha value is -2.74. The van der Waals surface area contributed by atoms with Crippen LogP contribution < -0.4 is 14.4 Å². The number of para-hydroxylation sites is 1. The second kappa shape index (κ2) is 10.7. The van der Waals surface area contributed by atoms with E-state index >= 15 is 0 Å². The lowest BCUT2D eigenvalue weighted by atomic mass is 9.83. The molecule has 0 fully saturated rings. The quantitative estimate of drug-likeness (QED) is 0.355. The van der Waals surface area contributed by atoms with Crippen molar-refractivity contribution >= 4 is 44.8 Å². The van der Waals surface area contributed by atoms with Gasteiger partial charge in [-0.15, -0.1) is 0 Å². The van der Waals surface area contributed by atoms with E-state index in [1.165, 1.54) is 24.3 Å². The summed E-state index contributed by atoms with van der Waals surface area (Å²) < 4.78 is 34.6. The van der Waals surface area contributed by atoms with Gasteiger partial charge in [-0.25, -0.2) is 8.42 Å². The number of nitrogens with one attached hydrogen (secondary N) is 1. The van der Waals surface area contributed by atoms with E-state index < -0.39 is 28.1 Å². The Kier molecular flexibility index (Phi) is 7.83. The van der Waals surface area contributed by atoms with Crippen LogP contribution in [0.25, 0.3) is 0 Å². The van der Waals surface area contributed by atoms with Crippen LogP contribution in [0, 0.1) is 0 Å². The van der Waals surface area contributed by atoms with Gasteiger partial charge in [-0.1, -0.05) is 73.4 Å². The van der Waals surface area contributed by atoms with E-state index in [1.54, 1.807) is 24.3 Å². The normalized spacial score (nSPS) is 16.5. The zero-order chi connectivity index (χ0) is 25.9. The zero-order valence-corrected chi connectivity index (χ0v) is 22.4. The van der Waals surface area contributed by atoms with Crippen LogP contribution in [0.5, 0.6) is 5.75 Å². The van der Waals surface area contributed by atoms with Crippen LogP contribution in [0.2, 0.25) is 10.0 Å². The third-order valence-corrected chi connectivity index (χ3v) is 8.93. The summed E-state index contributed by atoms with van der Waals surface area (Å²) in [5, 5.41) is 3.55. The van der Waals surface area contributed by atoms with Crippen molar-refractivity contribution in [2.24, 2.45) is 0 Å². The second-order valence-corrected chi connectivity index (χ2v) is 11.5. The van der Waals surface area contributed by atoms with Crippen molar-refractivity contribution in [1.82, 2.24) is 5.32 Å². The summed E-state index contributed by atoms with van der Waals surface area (Å²) in [6, 6.07) is 19.7. The average Bonchev–Trinajstić information content (AvgIpc) is 2.88. The summed E-state index contributed by atoms with van der Waals surface area (Å²) in [4.78, 5) is 13.5. The Morgan fingerprint density at radius 2 is 1.69 bits per heavy atom. The van der Waals surface area contributed by atoms with Gasteiger partial charge in [-0.3, -0.25) is 9.10 Å². The van der Waals surface area contributed by atoms with Crippen LogP contribution in [0.3, 0.4) is 0 Å². The maximum atomic E-state index is 13.6. The molecule has 0 aromatic heterocycles. The number of fused-ring (bicyclic) bond motifs is 1. The maximum absolute atomic E-state index is 13.6. The Balaban J connectivity index is 1.67. The van der Waals surface area contributed by atoms with Crippen LogP contribution >= 0.6 is 23.2 Å². The summed E-state index contributed by atoms with van der Waals surface area (Å²) in [7, 11) is -4.10. The van der Waals surface area contributed by atoms with E-state index in [0.29, 0.717) is 11.4 Å². The van der Waals surface area contributed by atoms with Crippen LogP contribution in [0.4, 0.5) is 5.69 Å². The molecule has 36 heavy (non-hydrogen) atoms. The summed E-state index contributed by atoms with van der Waals surface area (Å²) >= 11 is 12.4. The Labute approximate surface area is 222 Å². The highest BCUT2D eigenvalue weighted by atomic mass is 35.5. The zero-order valence-electron chi connectivity index (χ0n) is 20.1. The summed E-state index contributed by atoms with van der Waals surface area (Å²) in [5.41, 5.74) is 0.621. The molecule has 6 nitrogen and oxygen atoms in total. The molecule has 0 saturated carbocycles. The lowest BCUT2D eigenvalue weighted by Gasteiger charge is -2.41. The van der Waals surface area contributed by atoms with Gasteiger partial charge in [0.25, 0.3) is 10.0 Å². The van der Waals surface area contributed by atoms with Crippen molar-refractivity contribution in [3.8, 4) is 5.75 Å². The maximum Gasteiger partial charge on any atom is 0.264 e. The molecule has 4 rings (SSSR count). The monoisotopic (exact) mass is 546 g/mol. The number of hydrogen-bond donors (Lipinski definition) is 1. The fourth-order valence-electron chi connectivity index (χ4n) is 4.50. The number of rotatable bonds is 8. The standard InChI is InChI=1S/C27H28Cl2N2O4S/c1-3-27(4-2)17-23(21-12-8-9-13-25(21)35-27)30-26(32)18-31(24-15-14-19(28)16-22(24)29)36(33,34)20-10-6-5-7-11-20/h5-16,23H,3-4,17-18H2,1-2H3,(H,30,32)/t23-/m1/s1. The number of amides is 1. The van der Waals surface area contributed by atoms with E-state index in [9.17, 15) is 13.2 Å². The highest BCUT2D eigenvalue weighted by Crippen LogP contribution is 2.42. The molecular formula is C27H28Cl2N2O4S. The molecular weight excluding hydrogens is 519 g/mol. The lowest BCUT2D eigenvalue weighted by Crippen LogP contribution is -2.47. The Morgan fingerprint density at radius 1 is 1.03 bits per heavy atom. The predicted molar refractivity (Wildman–Crippen MR) is 143 cm³/mol. The number of anilines is 1. The third kappa shape index (κ3) is 5.33. The number of carbonyl (C=O) groups is 1. The topological polar surface area (TPSA) is 75.7 Å². The minimum atomic E-state index is -4.10. The Bertz CT molecular complexity index is 1340. The van der Waals surface area contributed by atoms with Crippen molar-refractivity contribution in [3.05, 3.63) is 88.4 Å². The molecule has 0 saturated heterocycles. The van der Waals surface area contributed by atoms with Gasteiger partial charge in [0, 0.05) is 17.0 Å². The average molecular weight is 548 g/mol. The van der Waals surface area contributed by atoms with Crippen LogP contribution in [-0.2, 0) is 14.8 Å². The molecule has 1 heterocycles. The minimum Gasteiger partial charge on any atom is -0.487 e. The first-order valence-corrected chi connectivity index (χ1v) is 14.0. The fourth-order valence-corrected chi connectivity index (χ4v) is 6.52. The van der Waals surface area contributed by atoms with E-state index in [0.717, 1.165) is 28.5 Å². The molecule has 1 aliphatic heterocycles.